The summed E-state index contributed by atoms with van der Waals surface area (Å²) in [6.07, 6.45) is 0.612. The summed E-state index contributed by atoms with van der Waals surface area (Å²) in [5, 5.41) is 2.84. The Labute approximate surface area is 194 Å². The first-order chi connectivity index (χ1) is 15.3. The van der Waals surface area contributed by atoms with Crippen molar-refractivity contribution in [1.82, 2.24) is 4.31 Å². The molecule has 0 saturated carbocycles. The fourth-order valence-corrected chi connectivity index (χ4v) is 5.94. The highest BCUT2D eigenvalue weighted by molar-refractivity contribution is 8.00. The average molecular weight is 476 g/mol. The lowest BCUT2D eigenvalue weighted by atomic mass is 10.2. The minimum Gasteiger partial charge on any atom is -0.325 e. The van der Waals surface area contributed by atoms with Gasteiger partial charge in [0.2, 0.25) is 21.8 Å². The van der Waals surface area contributed by atoms with Gasteiger partial charge in [0.05, 0.1) is 16.4 Å². The van der Waals surface area contributed by atoms with E-state index >= 15 is 0 Å². The maximum Gasteiger partial charge on any atom is 0.243 e. The zero-order valence-electron chi connectivity index (χ0n) is 18.6. The van der Waals surface area contributed by atoms with Crippen LogP contribution < -0.4 is 10.2 Å². The normalized spacial score (nSPS) is 13.3. The zero-order chi connectivity index (χ0) is 23.3. The van der Waals surface area contributed by atoms with Crippen LogP contribution in [-0.2, 0) is 26.0 Å². The number of benzene rings is 2. The summed E-state index contributed by atoms with van der Waals surface area (Å²) in [5.74, 6) is 0.125. The summed E-state index contributed by atoms with van der Waals surface area (Å²) in [6.45, 7) is 6.92. The zero-order valence-corrected chi connectivity index (χ0v) is 20.3. The predicted octanol–water partition coefficient (Wildman–Crippen LogP) is 3.29. The number of fused-ring (bicyclic) bond motifs is 1. The molecule has 0 bridgehead atoms. The number of amides is 2. The van der Waals surface area contributed by atoms with E-state index in [0.29, 0.717) is 26.1 Å². The molecule has 1 aliphatic heterocycles. The SMILES string of the molecule is CCN(CC)S(=O)(=O)c1ccc2c(c1)CCN2C(=O)CSCC(=O)Nc1cccc(C)c1. The van der Waals surface area contributed by atoms with Crippen LogP contribution in [0.25, 0.3) is 0 Å². The molecule has 0 radical (unpaired) electrons. The highest BCUT2D eigenvalue weighted by Gasteiger charge is 2.28. The molecule has 0 saturated heterocycles. The average Bonchev–Trinajstić information content (AvgIpc) is 3.18. The first-order valence-corrected chi connectivity index (χ1v) is 13.2. The first kappa shape index (κ1) is 24.3. The molecule has 2 aromatic carbocycles. The molecular weight excluding hydrogens is 446 g/mol. The van der Waals surface area contributed by atoms with Crippen LogP contribution >= 0.6 is 11.8 Å². The Morgan fingerprint density at radius 2 is 1.84 bits per heavy atom. The number of rotatable bonds is 9. The molecular formula is C23H29N3O4S2. The number of hydrogen-bond donors (Lipinski definition) is 1. The third-order valence-electron chi connectivity index (χ3n) is 5.35. The van der Waals surface area contributed by atoms with Crippen LogP contribution in [0.2, 0.25) is 0 Å². The number of nitrogens with zero attached hydrogens (tertiary/aromatic N) is 2. The minimum atomic E-state index is -3.53. The van der Waals surface area contributed by atoms with Crippen molar-refractivity contribution in [1.29, 1.82) is 0 Å². The van der Waals surface area contributed by atoms with E-state index in [2.05, 4.69) is 5.32 Å². The molecule has 3 rings (SSSR count). The van der Waals surface area contributed by atoms with Crippen LogP contribution in [0, 0.1) is 6.92 Å². The molecule has 32 heavy (non-hydrogen) atoms. The molecule has 1 heterocycles. The monoisotopic (exact) mass is 475 g/mol. The number of carbonyl (C=O) groups is 2. The topological polar surface area (TPSA) is 86.8 Å². The van der Waals surface area contributed by atoms with E-state index in [-0.39, 0.29) is 28.2 Å². The van der Waals surface area contributed by atoms with Gasteiger partial charge in [0.25, 0.3) is 0 Å². The van der Waals surface area contributed by atoms with Crippen molar-refractivity contribution in [3.8, 4) is 0 Å². The molecule has 0 spiro atoms. The van der Waals surface area contributed by atoms with Gasteiger partial charge in [-0.05, 0) is 54.8 Å². The van der Waals surface area contributed by atoms with E-state index in [0.717, 1.165) is 22.5 Å². The largest absolute Gasteiger partial charge is 0.325 e. The van der Waals surface area contributed by atoms with Crippen LogP contribution in [0.4, 0.5) is 11.4 Å². The minimum absolute atomic E-state index is 0.0866. The highest BCUT2D eigenvalue weighted by Crippen LogP contribution is 2.31. The summed E-state index contributed by atoms with van der Waals surface area (Å²) in [7, 11) is -3.53. The maximum atomic E-state index is 12.8. The van der Waals surface area contributed by atoms with Gasteiger partial charge >= 0.3 is 0 Å². The van der Waals surface area contributed by atoms with Crippen LogP contribution in [-0.4, -0.2) is 55.7 Å². The van der Waals surface area contributed by atoms with Crippen molar-refractivity contribution < 1.29 is 18.0 Å². The predicted molar refractivity (Wildman–Crippen MR) is 130 cm³/mol. The molecule has 0 fully saturated rings. The van der Waals surface area contributed by atoms with Crippen molar-refractivity contribution in [2.24, 2.45) is 0 Å². The van der Waals surface area contributed by atoms with Crippen molar-refractivity contribution >= 4 is 45.0 Å². The van der Waals surface area contributed by atoms with Gasteiger partial charge in [-0.15, -0.1) is 11.8 Å². The second-order valence-electron chi connectivity index (χ2n) is 7.59. The highest BCUT2D eigenvalue weighted by atomic mass is 32.2. The Morgan fingerprint density at radius 3 is 2.53 bits per heavy atom. The molecule has 2 amide bonds. The van der Waals surface area contributed by atoms with Crippen molar-refractivity contribution in [2.75, 3.05) is 41.4 Å². The van der Waals surface area contributed by atoms with Gasteiger partial charge in [-0.1, -0.05) is 26.0 Å². The van der Waals surface area contributed by atoms with Crippen molar-refractivity contribution in [3.05, 3.63) is 53.6 Å². The third-order valence-corrected chi connectivity index (χ3v) is 8.31. The Hall–Kier alpha value is -2.36. The van der Waals surface area contributed by atoms with Gasteiger partial charge < -0.3 is 10.2 Å². The van der Waals surface area contributed by atoms with Gasteiger partial charge in [0.15, 0.2) is 0 Å². The van der Waals surface area contributed by atoms with E-state index in [1.807, 2.05) is 45.0 Å². The Balaban J connectivity index is 1.58. The lowest BCUT2D eigenvalue weighted by molar-refractivity contribution is -0.116. The Morgan fingerprint density at radius 1 is 1.09 bits per heavy atom. The molecule has 0 aromatic heterocycles. The number of hydrogen-bond acceptors (Lipinski definition) is 5. The third kappa shape index (κ3) is 5.51. The van der Waals surface area contributed by atoms with Crippen LogP contribution in [0.3, 0.4) is 0 Å². The smallest absolute Gasteiger partial charge is 0.243 e. The van der Waals surface area contributed by atoms with E-state index in [4.69, 9.17) is 0 Å². The van der Waals surface area contributed by atoms with Gasteiger partial charge in [0, 0.05) is 31.0 Å². The summed E-state index contributed by atoms with van der Waals surface area (Å²) < 4.78 is 27.0. The van der Waals surface area contributed by atoms with Gasteiger partial charge in [-0.25, -0.2) is 8.42 Å². The number of anilines is 2. The van der Waals surface area contributed by atoms with Crippen molar-refractivity contribution in [2.45, 2.75) is 32.1 Å². The number of nitrogens with one attached hydrogen (secondary N) is 1. The van der Waals surface area contributed by atoms with Crippen LogP contribution in [0.15, 0.2) is 47.4 Å². The summed E-state index contributed by atoms with van der Waals surface area (Å²) in [5.41, 5.74) is 3.41. The molecule has 0 unspecified atom stereocenters. The number of thioether (sulfide) groups is 1. The number of sulfonamides is 1. The second-order valence-corrected chi connectivity index (χ2v) is 10.5. The van der Waals surface area contributed by atoms with E-state index in [1.165, 1.54) is 16.1 Å². The van der Waals surface area contributed by atoms with E-state index < -0.39 is 10.0 Å². The van der Waals surface area contributed by atoms with E-state index in [9.17, 15) is 18.0 Å². The molecule has 1 N–H and O–H groups in total. The fourth-order valence-electron chi connectivity index (χ4n) is 3.74. The second kappa shape index (κ2) is 10.5. The molecule has 1 aliphatic rings. The van der Waals surface area contributed by atoms with Gasteiger partial charge in [-0.2, -0.15) is 4.31 Å². The first-order valence-electron chi connectivity index (χ1n) is 10.6. The molecule has 9 heteroatoms. The maximum absolute atomic E-state index is 12.8. The molecule has 7 nitrogen and oxygen atoms in total. The summed E-state index contributed by atoms with van der Waals surface area (Å²) >= 11 is 1.27. The number of aryl methyl sites for hydroxylation is 1. The Kier molecular flexibility index (Phi) is 7.97. The van der Waals surface area contributed by atoms with Crippen LogP contribution in [0.5, 0.6) is 0 Å². The number of carbonyl (C=O) groups excluding carboxylic acids is 2. The lowest BCUT2D eigenvalue weighted by Gasteiger charge is -2.20. The van der Waals surface area contributed by atoms with E-state index in [1.54, 1.807) is 23.1 Å². The van der Waals surface area contributed by atoms with Gasteiger partial charge in [-0.3, -0.25) is 9.59 Å². The Bertz CT molecular complexity index is 1100. The summed E-state index contributed by atoms with van der Waals surface area (Å²) in [6, 6.07) is 12.5. The molecule has 0 atom stereocenters. The van der Waals surface area contributed by atoms with Crippen molar-refractivity contribution in [3.63, 3.8) is 0 Å². The molecule has 172 valence electrons. The standard InChI is InChI=1S/C23H29N3O4S2/c1-4-25(5-2)32(29,30)20-9-10-21-18(14-20)11-12-26(21)23(28)16-31-15-22(27)24-19-8-6-7-17(3)13-19/h6-10,13-14H,4-5,11-12,15-16H2,1-3H3,(H,24,27). The summed E-state index contributed by atoms with van der Waals surface area (Å²) in [4.78, 5) is 26.8. The van der Waals surface area contributed by atoms with Gasteiger partial charge in [0.1, 0.15) is 0 Å². The molecule has 2 aromatic rings. The fraction of sp³-hybridized carbons (Fsp3) is 0.391. The molecule has 0 aliphatic carbocycles. The quantitative estimate of drug-likeness (QED) is 0.601. The van der Waals surface area contributed by atoms with Crippen LogP contribution in [0.1, 0.15) is 25.0 Å². The lowest BCUT2D eigenvalue weighted by Crippen LogP contribution is -2.31.